The Morgan fingerprint density at radius 3 is 2.11 bits per heavy atom. The zero-order valence-electron chi connectivity index (χ0n) is 9.10. The lowest BCUT2D eigenvalue weighted by atomic mass is 10.1. The molecule has 0 fully saturated rings. The van der Waals surface area contributed by atoms with Crippen LogP contribution in [0.5, 0.6) is 0 Å². The van der Waals surface area contributed by atoms with Crippen LogP contribution in [0.25, 0.3) is 11.3 Å². The smallest absolute Gasteiger partial charge is 0.255 e. The van der Waals surface area contributed by atoms with Crippen molar-refractivity contribution in [1.82, 2.24) is 4.98 Å². The summed E-state index contributed by atoms with van der Waals surface area (Å²) in [6.45, 7) is 0. The molecule has 100 valence electrons. The molecule has 1 nitrogen and oxygen atoms in total. The lowest BCUT2D eigenvalue weighted by Gasteiger charge is -2.10. The van der Waals surface area contributed by atoms with Crippen LogP contribution in [0.4, 0.5) is 17.6 Å². The molecule has 0 radical (unpaired) electrons. The number of halogens is 6. The van der Waals surface area contributed by atoms with E-state index in [1.54, 1.807) is 6.07 Å². The lowest BCUT2D eigenvalue weighted by molar-refractivity contribution is -0.140. The molecule has 7 heteroatoms. The number of benzene rings is 1. The Morgan fingerprint density at radius 2 is 1.63 bits per heavy atom. The van der Waals surface area contributed by atoms with Crippen molar-refractivity contribution in [3.05, 3.63) is 51.9 Å². The number of nitrogens with zero attached hydrogens (tertiary/aromatic N) is 1. The quantitative estimate of drug-likeness (QED) is 0.659. The molecule has 0 atom stereocenters. The number of hydrogen-bond donors (Lipinski definition) is 0. The minimum absolute atomic E-state index is 0.0545. The molecule has 0 aliphatic rings. The molecular weight excluding hydrogens is 305 g/mol. The first kappa shape index (κ1) is 14.1. The number of hydrogen-bond acceptors (Lipinski definition) is 1. The zero-order chi connectivity index (χ0) is 14.2. The topological polar surface area (TPSA) is 12.9 Å². The highest BCUT2D eigenvalue weighted by atomic mass is 35.5. The fourth-order valence-corrected chi connectivity index (χ4v) is 2.11. The molecular formula is C12H5Cl2F4N. The standard InChI is InChI=1S/C12H5Cl2F4N/c13-7-2-1-3-8(14)11(7)10-4-9(15)6(5-19-10)12(16,17)18/h1-5H. The van der Waals surface area contributed by atoms with E-state index in [1.807, 2.05) is 0 Å². The van der Waals surface area contributed by atoms with Crippen molar-refractivity contribution in [3.8, 4) is 11.3 Å². The molecule has 0 saturated carbocycles. The van der Waals surface area contributed by atoms with Crippen LogP contribution in [0, 0.1) is 5.82 Å². The average molecular weight is 310 g/mol. The number of aromatic nitrogens is 1. The van der Waals surface area contributed by atoms with E-state index >= 15 is 0 Å². The maximum absolute atomic E-state index is 13.4. The summed E-state index contributed by atoms with van der Waals surface area (Å²) < 4.78 is 50.7. The predicted octanol–water partition coefficient (Wildman–Crippen LogP) is 5.21. The number of pyridine rings is 1. The van der Waals surface area contributed by atoms with Gasteiger partial charge in [0.25, 0.3) is 0 Å². The van der Waals surface area contributed by atoms with E-state index < -0.39 is 17.6 Å². The van der Waals surface area contributed by atoms with Gasteiger partial charge in [0.1, 0.15) is 11.4 Å². The summed E-state index contributed by atoms with van der Waals surface area (Å²) in [6.07, 6.45) is -4.37. The Balaban J connectivity index is 2.58. The van der Waals surface area contributed by atoms with Gasteiger partial charge in [-0.15, -0.1) is 0 Å². The third kappa shape index (κ3) is 2.82. The summed E-state index contributed by atoms with van der Waals surface area (Å²) in [5, 5.41) is 0.360. The number of rotatable bonds is 1. The van der Waals surface area contributed by atoms with Gasteiger partial charge in [-0.05, 0) is 12.1 Å². The fourth-order valence-electron chi connectivity index (χ4n) is 1.52. The molecule has 0 saturated heterocycles. The lowest BCUT2D eigenvalue weighted by Crippen LogP contribution is -2.09. The van der Waals surface area contributed by atoms with Gasteiger partial charge >= 0.3 is 6.18 Å². The van der Waals surface area contributed by atoms with Crippen LogP contribution in [0.15, 0.2) is 30.5 Å². The van der Waals surface area contributed by atoms with E-state index in [1.165, 1.54) is 12.1 Å². The van der Waals surface area contributed by atoms with Crippen molar-refractivity contribution in [3.63, 3.8) is 0 Å². The van der Waals surface area contributed by atoms with Gasteiger partial charge in [-0.3, -0.25) is 4.98 Å². The summed E-state index contributed by atoms with van der Waals surface area (Å²) in [5.41, 5.74) is -1.29. The first-order chi connectivity index (χ1) is 8.80. The van der Waals surface area contributed by atoms with Gasteiger partial charge in [0.15, 0.2) is 0 Å². The Hall–Kier alpha value is -1.33. The summed E-state index contributed by atoms with van der Waals surface area (Å²) >= 11 is 11.8. The maximum Gasteiger partial charge on any atom is 0.420 e. The van der Waals surface area contributed by atoms with Crippen molar-refractivity contribution < 1.29 is 17.6 Å². The van der Waals surface area contributed by atoms with E-state index in [0.717, 1.165) is 0 Å². The highest BCUT2D eigenvalue weighted by Gasteiger charge is 2.34. The Labute approximate surface area is 115 Å². The van der Waals surface area contributed by atoms with Crippen LogP contribution in [-0.4, -0.2) is 4.98 Å². The van der Waals surface area contributed by atoms with E-state index in [2.05, 4.69) is 4.98 Å². The minimum Gasteiger partial charge on any atom is -0.255 e. The minimum atomic E-state index is -4.79. The predicted molar refractivity (Wildman–Crippen MR) is 64.7 cm³/mol. The molecule has 1 aromatic heterocycles. The van der Waals surface area contributed by atoms with Crippen molar-refractivity contribution in [2.24, 2.45) is 0 Å². The Morgan fingerprint density at radius 1 is 1.05 bits per heavy atom. The first-order valence-electron chi connectivity index (χ1n) is 4.98. The molecule has 0 aliphatic heterocycles. The van der Waals surface area contributed by atoms with E-state index in [-0.39, 0.29) is 21.3 Å². The van der Waals surface area contributed by atoms with Gasteiger partial charge in [0, 0.05) is 17.8 Å². The highest BCUT2D eigenvalue weighted by Crippen LogP contribution is 2.36. The van der Waals surface area contributed by atoms with Crippen molar-refractivity contribution in [2.75, 3.05) is 0 Å². The Bertz CT molecular complexity index is 605. The van der Waals surface area contributed by atoms with Crippen LogP contribution in [0.1, 0.15) is 5.56 Å². The van der Waals surface area contributed by atoms with Crippen molar-refractivity contribution >= 4 is 23.2 Å². The van der Waals surface area contributed by atoms with Gasteiger partial charge in [-0.1, -0.05) is 29.3 Å². The average Bonchev–Trinajstić information content (AvgIpc) is 2.27. The number of alkyl halides is 3. The summed E-state index contributed by atoms with van der Waals surface area (Å²) in [6, 6.07) is 5.20. The van der Waals surface area contributed by atoms with E-state index in [4.69, 9.17) is 23.2 Å². The fraction of sp³-hybridized carbons (Fsp3) is 0.0833. The third-order valence-corrected chi connectivity index (χ3v) is 3.01. The van der Waals surface area contributed by atoms with Crippen LogP contribution >= 0.6 is 23.2 Å². The van der Waals surface area contributed by atoms with Crippen LogP contribution in [0.2, 0.25) is 10.0 Å². The maximum atomic E-state index is 13.4. The van der Waals surface area contributed by atoms with Crippen LogP contribution in [-0.2, 0) is 6.18 Å². The van der Waals surface area contributed by atoms with E-state index in [9.17, 15) is 17.6 Å². The largest absolute Gasteiger partial charge is 0.420 e. The van der Waals surface area contributed by atoms with Gasteiger partial charge in [0.2, 0.25) is 0 Å². The highest BCUT2D eigenvalue weighted by molar-refractivity contribution is 6.39. The molecule has 2 aromatic rings. The molecule has 1 aromatic carbocycles. The molecule has 0 amide bonds. The van der Waals surface area contributed by atoms with Gasteiger partial charge in [-0.2, -0.15) is 13.2 Å². The molecule has 0 N–H and O–H groups in total. The second-order valence-corrected chi connectivity index (χ2v) is 4.46. The van der Waals surface area contributed by atoms with Crippen molar-refractivity contribution in [2.45, 2.75) is 6.18 Å². The molecule has 0 spiro atoms. The normalized spacial score (nSPS) is 11.7. The Kier molecular flexibility index (Phi) is 3.69. The van der Waals surface area contributed by atoms with Gasteiger partial charge < -0.3 is 0 Å². The first-order valence-corrected chi connectivity index (χ1v) is 5.73. The van der Waals surface area contributed by atoms with Gasteiger partial charge in [0.05, 0.1) is 15.7 Å². The third-order valence-electron chi connectivity index (χ3n) is 2.38. The SMILES string of the molecule is Fc1cc(-c2c(Cl)cccc2Cl)ncc1C(F)(F)F. The van der Waals surface area contributed by atoms with E-state index in [0.29, 0.717) is 12.3 Å². The van der Waals surface area contributed by atoms with Crippen LogP contribution in [0.3, 0.4) is 0 Å². The molecule has 1 heterocycles. The second kappa shape index (κ2) is 4.98. The second-order valence-electron chi connectivity index (χ2n) is 3.64. The molecule has 2 rings (SSSR count). The van der Waals surface area contributed by atoms with Gasteiger partial charge in [-0.25, -0.2) is 4.39 Å². The molecule has 0 unspecified atom stereocenters. The van der Waals surface area contributed by atoms with Crippen molar-refractivity contribution in [1.29, 1.82) is 0 Å². The summed E-state index contributed by atoms with van der Waals surface area (Å²) in [4.78, 5) is 3.57. The monoisotopic (exact) mass is 309 g/mol. The summed E-state index contributed by atoms with van der Waals surface area (Å²) in [7, 11) is 0. The summed E-state index contributed by atoms with van der Waals surface area (Å²) in [5.74, 6) is -1.42. The zero-order valence-corrected chi connectivity index (χ0v) is 10.6. The molecule has 19 heavy (non-hydrogen) atoms. The molecule has 0 bridgehead atoms. The van der Waals surface area contributed by atoms with Crippen LogP contribution < -0.4 is 0 Å². The molecule has 0 aliphatic carbocycles.